The van der Waals surface area contributed by atoms with Gasteiger partial charge in [0.25, 0.3) is 0 Å². The van der Waals surface area contributed by atoms with Crippen LogP contribution in [0.15, 0.2) is 47.7 Å². The third kappa shape index (κ3) is 6.82. The topological polar surface area (TPSA) is 49.3 Å². The first kappa shape index (κ1) is 20.3. The Bertz CT molecular complexity index is 644. The lowest BCUT2D eigenvalue weighted by Crippen LogP contribution is -2.38. The molecular formula is C18H24FIN4. The van der Waals surface area contributed by atoms with Crippen LogP contribution in [0.3, 0.4) is 0 Å². The molecule has 2 N–H and O–H groups in total. The van der Waals surface area contributed by atoms with Gasteiger partial charge in [-0.2, -0.15) is 0 Å². The fourth-order valence-electron chi connectivity index (χ4n) is 2.20. The molecular weight excluding hydrogens is 418 g/mol. The number of hydrogen-bond acceptors (Lipinski definition) is 2. The van der Waals surface area contributed by atoms with E-state index in [4.69, 9.17) is 0 Å². The minimum absolute atomic E-state index is 0. The van der Waals surface area contributed by atoms with Crippen molar-refractivity contribution in [1.82, 2.24) is 15.6 Å². The number of rotatable bonds is 6. The van der Waals surface area contributed by atoms with Crippen LogP contribution >= 0.6 is 24.0 Å². The SMILES string of the molecule is CCNC(=NCc1ccc(F)cc1)NCCc1ccncc1C.I. The van der Waals surface area contributed by atoms with Crippen LogP contribution in [0.2, 0.25) is 0 Å². The van der Waals surface area contributed by atoms with Gasteiger partial charge in [-0.15, -0.1) is 24.0 Å². The van der Waals surface area contributed by atoms with Crippen LogP contribution in [0.5, 0.6) is 0 Å². The highest BCUT2D eigenvalue weighted by Gasteiger charge is 2.00. The molecule has 0 saturated heterocycles. The molecule has 0 aliphatic carbocycles. The van der Waals surface area contributed by atoms with Crippen LogP contribution < -0.4 is 10.6 Å². The molecule has 1 heterocycles. The second kappa shape index (κ2) is 11.0. The summed E-state index contributed by atoms with van der Waals surface area (Å²) >= 11 is 0. The molecule has 0 spiro atoms. The zero-order valence-corrected chi connectivity index (χ0v) is 16.4. The van der Waals surface area contributed by atoms with Crippen molar-refractivity contribution in [2.45, 2.75) is 26.8 Å². The zero-order valence-electron chi connectivity index (χ0n) is 14.1. The Hall–Kier alpha value is -1.70. The van der Waals surface area contributed by atoms with E-state index in [1.54, 1.807) is 12.1 Å². The number of aromatic nitrogens is 1. The summed E-state index contributed by atoms with van der Waals surface area (Å²) in [5.74, 6) is 0.541. The van der Waals surface area contributed by atoms with Crippen molar-refractivity contribution in [3.05, 3.63) is 65.2 Å². The quantitative estimate of drug-likeness (QED) is 0.410. The summed E-state index contributed by atoms with van der Waals surface area (Å²) in [5, 5.41) is 6.54. The van der Waals surface area contributed by atoms with Gasteiger partial charge in [-0.1, -0.05) is 12.1 Å². The van der Waals surface area contributed by atoms with Crippen LogP contribution in [0.25, 0.3) is 0 Å². The van der Waals surface area contributed by atoms with Crippen molar-refractivity contribution in [1.29, 1.82) is 0 Å². The summed E-state index contributed by atoms with van der Waals surface area (Å²) in [6.45, 7) is 6.20. The smallest absolute Gasteiger partial charge is 0.191 e. The summed E-state index contributed by atoms with van der Waals surface area (Å²) < 4.78 is 12.9. The second-order valence-corrected chi connectivity index (χ2v) is 5.30. The summed E-state index contributed by atoms with van der Waals surface area (Å²) in [6.07, 6.45) is 4.61. The van der Waals surface area contributed by atoms with Gasteiger partial charge in [0.1, 0.15) is 5.82 Å². The Balaban J connectivity index is 0.00000288. The maximum Gasteiger partial charge on any atom is 0.191 e. The Morgan fingerprint density at radius 1 is 1.17 bits per heavy atom. The molecule has 24 heavy (non-hydrogen) atoms. The largest absolute Gasteiger partial charge is 0.357 e. The first-order valence-electron chi connectivity index (χ1n) is 7.85. The summed E-state index contributed by atoms with van der Waals surface area (Å²) in [7, 11) is 0. The first-order valence-corrected chi connectivity index (χ1v) is 7.85. The van der Waals surface area contributed by atoms with E-state index in [-0.39, 0.29) is 29.8 Å². The maximum absolute atomic E-state index is 12.9. The van der Waals surface area contributed by atoms with E-state index in [9.17, 15) is 4.39 Å². The molecule has 130 valence electrons. The van der Waals surface area contributed by atoms with Crippen LogP contribution in [0.1, 0.15) is 23.6 Å². The summed E-state index contributed by atoms with van der Waals surface area (Å²) in [5.41, 5.74) is 3.46. The monoisotopic (exact) mass is 442 g/mol. The molecule has 0 amide bonds. The lowest BCUT2D eigenvalue weighted by Gasteiger charge is -2.12. The van der Waals surface area contributed by atoms with Gasteiger partial charge >= 0.3 is 0 Å². The van der Waals surface area contributed by atoms with Crippen LogP contribution in [-0.4, -0.2) is 24.0 Å². The number of benzene rings is 1. The molecule has 1 aromatic heterocycles. The van der Waals surface area contributed by atoms with Crippen molar-refractivity contribution in [3.8, 4) is 0 Å². The molecule has 0 bridgehead atoms. The van der Waals surface area contributed by atoms with E-state index in [1.165, 1.54) is 23.3 Å². The van der Waals surface area contributed by atoms with E-state index in [1.807, 2.05) is 25.4 Å². The Morgan fingerprint density at radius 3 is 2.58 bits per heavy atom. The van der Waals surface area contributed by atoms with E-state index >= 15 is 0 Å². The predicted molar refractivity (Wildman–Crippen MR) is 107 cm³/mol. The van der Waals surface area contributed by atoms with Gasteiger partial charge in [0.2, 0.25) is 0 Å². The molecule has 6 heteroatoms. The lowest BCUT2D eigenvalue weighted by atomic mass is 10.1. The van der Waals surface area contributed by atoms with E-state index < -0.39 is 0 Å². The van der Waals surface area contributed by atoms with Crippen LogP contribution in [0, 0.1) is 12.7 Å². The standard InChI is InChI=1S/C18H23FN4.HI/c1-3-21-18(23-13-15-4-6-17(19)7-5-15)22-11-9-16-8-10-20-12-14(16)2;/h4-8,10,12H,3,9,11,13H2,1-2H3,(H2,21,22,23);1H. The predicted octanol–water partition coefficient (Wildman–Crippen LogP) is 3.44. The third-order valence-corrected chi connectivity index (χ3v) is 3.50. The third-order valence-electron chi connectivity index (χ3n) is 3.50. The van der Waals surface area contributed by atoms with Gasteiger partial charge in [0.05, 0.1) is 6.54 Å². The number of guanidine groups is 1. The normalized spacial score (nSPS) is 10.9. The second-order valence-electron chi connectivity index (χ2n) is 5.30. The number of pyridine rings is 1. The van der Waals surface area contributed by atoms with Crippen molar-refractivity contribution in [2.24, 2.45) is 4.99 Å². The van der Waals surface area contributed by atoms with Crippen LogP contribution in [0.4, 0.5) is 4.39 Å². The molecule has 0 atom stereocenters. The number of nitrogens with one attached hydrogen (secondary N) is 2. The molecule has 2 rings (SSSR count). The lowest BCUT2D eigenvalue weighted by molar-refractivity contribution is 0.627. The highest BCUT2D eigenvalue weighted by Crippen LogP contribution is 2.05. The minimum atomic E-state index is -0.226. The van der Waals surface area contributed by atoms with E-state index in [0.717, 1.165) is 31.0 Å². The van der Waals surface area contributed by atoms with E-state index in [0.29, 0.717) is 6.54 Å². The maximum atomic E-state index is 12.9. The number of halogens is 2. The Morgan fingerprint density at radius 2 is 1.92 bits per heavy atom. The highest BCUT2D eigenvalue weighted by atomic mass is 127. The molecule has 1 aromatic carbocycles. The molecule has 0 fully saturated rings. The van der Waals surface area contributed by atoms with Gasteiger partial charge in [-0.25, -0.2) is 9.38 Å². The highest BCUT2D eigenvalue weighted by molar-refractivity contribution is 14.0. The zero-order chi connectivity index (χ0) is 16.5. The Kier molecular flexibility index (Phi) is 9.29. The summed E-state index contributed by atoms with van der Waals surface area (Å²) in [4.78, 5) is 8.63. The van der Waals surface area contributed by atoms with Gasteiger partial charge in [-0.05, 0) is 55.2 Å². The van der Waals surface area contributed by atoms with Crippen molar-refractivity contribution in [3.63, 3.8) is 0 Å². The van der Waals surface area contributed by atoms with Crippen molar-refractivity contribution in [2.75, 3.05) is 13.1 Å². The fourth-order valence-corrected chi connectivity index (χ4v) is 2.20. The van der Waals surface area contributed by atoms with Gasteiger partial charge in [-0.3, -0.25) is 4.98 Å². The minimum Gasteiger partial charge on any atom is -0.357 e. The molecule has 4 nitrogen and oxygen atoms in total. The number of nitrogens with zero attached hydrogens (tertiary/aromatic N) is 2. The molecule has 0 aliphatic rings. The number of aliphatic imine (C=N–C) groups is 1. The molecule has 0 aliphatic heterocycles. The summed E-state index contributed by atoms with van der Waals surface area (Å²) in [6, 6.07) is 8.46. The first-order chi connectivity index (χ1) is 11.2. The van der Waals surface area contributed by atoms with Gasteiger partial charge < -0.3 is 10.6 Å². The molecule has 2 aromatic rings. The van der Waals surface area contributed by atoms with Crippen LogP contribution in [-0.2, 0) is 13.0 Å². The van der Waals surface area contributed by atoms with Crippen molar-refractivity contribution >= 4 is 29.9 Å². The molecule has 0 radical (unpaired) electrons. The molecule has 0 unspecified atom stereocenters. The average Bonchev–Trinajstić information content (AvgIpc) is 2.56. The fraction of sp³-hybridized carbons (Fsp3) is 0.333. The van der Waals surface area contributed by atoms with Gasteiger partial charge in [0, 0.05) is 25.5 Å². The van der Waals surface area contributed by atoms with Crippen molar-refractivity contribution < 1.29 is 4.39 Å². The van der Waals surface area contributed by atoms with E-state index in [2.05, 4.69) is 27.5 Å². The number of hydrogen-bond donors (Lipinski definition) is 2. The molecule has 0 saturated carbocycles. The Labute approximate surface area is 160 Å². The number of aryl methyl sites for hydroxylation is 1. The van der Waals surface area contributed by atoms with Gasteiger partial charge in [0.15, 0.2) is 5.96 Å². The average molecular weight is 442 g/mol.